The van der Waals surface area contributed by atoms with E-state index in [-0.39, 0.29) is 5.91 Å². The van der Waals surface area contributed by atoms with Gasteiger partial charge in [0.25, 0.3) is 5.91 Å². The van der Waals surface area contributed by atoms with E-state index in [2.05, 4.69) is 11.4 Å². The van der Waals surface area contributed by atoms with Crippen LogP contribution in [0.4, 0.5) is 0 Å². The second kappa shape index (κ2) is 6.27. The first-order chi connectivity index (χ1) is 9.40. The summed E-state index contributed by atoms with van der Waals surface area (Å²) in [5.41, 5.74) is 0.754. The van der Waals surface area contributed by atoms with E-state index in [1.165, 1.54) is 36.1 Å². The van der Waals surface area contributed by atoms with E-state index in [0.717, 1.165) is 17.7 Å². The van der Waals surface area contributed by atoms with Gasteiger partial charge in [0.1, 0.15) is 0 Å². The summed E-state index contributed by atoms with van der Waals surface area (Å²) in [6.45, 7) is 5.40. The Morgan fingerprint density at radius 1 is 1.30 bits per heavy atom. The molecular formula is C16H25NO2S. The number of aliphatic hydroxyl groups excluding tert-OH is 1. The Hall–Kier alpha value is -0.870. The first kappa shape index (κ1) is 15.5. The predicted molar refractivity (Wildman–Crippen MR) is 83.4 cm³/mol. The Bertz CT molecular complexity index is 451. The van der Waals surface area contributed by atoms with Crippen molar-refractivity contribution in [2.75, 3.05) is 0 Å². The second-order valence-electron chi connectivity index (χ2n) is 6.33. The van der Waals surface area contributed by atoms with E-state index in [4.69, 9.17) is 0 Å². The fourth-order valence-electron chi connectivity index (χ4n) is 2.41. The molecule has 1 aliphatic rings. The lowest BCUT2D eigenvalue weighted by molar-refractivity contribution is 0.0712. The SMILES string of the molecule is CC(O)C(C)(C)NC(=O)c1cc2c(s1)CCCCCC2. The van der Waals surface area contributed by atoms with Crippen molar-refractivity contribution in [3.8, 4) is 0 Å². The van der Waals surface area contributed by atoms with E-state index in [0.29, 0.717) is 0 Å². The van der Waals surface area contributed by atoms with Gasteiger partial charge in [-0.1, -0.05) is 12.8 Å². The van der Waals surface area contributed by atoms with Crippen molar-refractivity contribution in [3.05, 3.63) is 21.4 Å². The Balaban J connectivity index is 2.13. The van der Waals surface area contributed by atoms with Crippen LogP contribution in [0.2, 0.25) is 0 Å². The van der Waals surface area contributed by atoms with E-state index >= 15 is 0 Å². The molecule has 0 saturated heterocycles. The van der Waals surface area contributed by atoms with Crippen LogP contribution in [-0.4, -0.2) is 22.7 Å². The zero-order valence-electron chi connectivity index (χ0n) is 12.7. The maximum Gasteiger partial charge on any atom is 0.261 e. The molecule has 0 aromatic carbocycles. The molecule has 1 aromatic rings. The van der Waals surface area contributed by atoms with Crippen LogP contribution in [0.15, 0.2) is 6.07 Å². The van der Waals surface area contributed by atoms with Crippen molar-refractivity contribution in [2.24, 2.45) is 0 Å². The van der Waals surface area contributed by atoms with Gasteiger partial charge in [-0.15, -0.1) is 11.3 Å². The van der Waals surface area contributed by atoms with Gasteiger partial charge in [0.05, 0.1) is 16.5 Å². The fraction of sp³-hybridized carbons (Fsp3) is 0.688. The van der Waals surface area contributed by atoms with Gasteiger partial charge in [0, 0.05) is 4.88 Å². The van der Waals surface area contributed by atoms with Gasteiger partial charge in [-0.2, -0.15) is 0 Å². The highest BCUT2D eigenvalue weighted by Crippen LogP contribution is 2.28. The van der Waals surface area contributed by atoms with Crippen LogP contribution >= 0.6 is 11.3 Å². The van der Waals surface area contributed by atoms with E-state index in [1.807, 2.05) is 13.8 Å². The van der Waals surface area contributed by atoms with Crippen LogP contribution in [0.1, 0.15) is 66.6 Å². The summed E-state index contributed by atoms with van der Waals surface area (Å²) in [6, 6.07) is 2.05. The quantitative estimate of drug-likeness (QED) is 0.899. The summed E-state index contributed by atoms with van der Waals surface area (Å²) in [7, 11) is 0. The van der Waals surface area contributed by atoms with Crippen LogP contribution in [0.3, 0.4) is 0 Å². The lowest BCUT2D eigenvalue weighted by Gasteiger charge is -2.29. The summed E-state index contributed by atoms with van der Waals surface area (Å²) in [4.78, 5) is 14.5. The number of aryl methyl sites for hydroxylation is 2. The number of aliphatic hydroxyl groups is 1. The van der Waals surface area contributed by atoms with Crippen LogP contribution < -0.4 is 5.32 Å². The Kier molecular flexibility index (Phi) is 4.86. The maximum atomic E-state index is 12.3. The van der Waals surface area contributed by atoms with Gasteiger partial charge in [-0.3, -0.25) is 4.79 Å². The topological polar surface area (TPSA) is 49.3 Å². The Morgan fingerprint density at radius 3 is 2.60 bits per heavy atom. The molecule has 2 rings (SSSR count). The van der Waals surface area contributed by atoms with Gasteiger partial charge in [0.15, 0.2) is 0 Å². The standard InChI is InChI=1S/C16H25NO2S/c1-11(18)16(2,3)17-15(19)14-10-12-8-6-4-5-7-9-13(12)20-14/h10-11,18H,4-9H2,1-3H3,(H,17,19). The minimum absolute atomic E-state index is 0.0624. The van der Waals surface area contributed by atoms with Crippen LogP contribution in [0, 0.1) is 0 Å². The summed E-state index contributed by atoms with van der Waals surface area (Å²) >= 11 is 1.62. The van der Waals surface area contributed by atoms with Crippen LogP contribution in [0.5, 0.6) is 0 Å². The molecule has 0 aliphatic heterocycles. The second-order valence-corrected chi connectivity index (χ2v) is 7.46. The van der Waals surface area contributed by atoms with E-state index in [9.17, 15) is 9.90 Å². The van der Waals surface area contributed by atoms with Gasteiger partial charge < -0.3 is 10.4 Å². The van der Waals surface area contributed by atoms with Crippen molar-refractivity contribution in [1.82, 2.24) is 5.32 Å². The third-order valence-electron chi connectivity index (χ3n) is 4.20. The first-order valence-electron chi connectivity index (χ1n) is 7.52. The maximum absolute atomic E-state index is 12.3. The number of rotatable bonds is 3. The fourth-order valence-corrected chi connectivity index (χ4v) is 3.56. The van der Waals surface area contributed by atoms with E-state index < -0.39 is 11.6 Å². The lowest BCUT2D eigenvalue weighted by Crippen LogP contribution is -2.50. The third-order valence-corrected chi connectivity index (χ3v) is 5.44. The normalized spacial score (nSPS) is 17.8. The van der Waals surface area contributed by atoms with Gasteiger partial charge in [-0.05, 0) is 58.1 Å². The number of amides is 1. The number of carbonyl (C=O) groups is 1. The highest BCUT2D eigenvalue weighted by molar-refractivity contribution is 7.14. The summed E-state index contributed by atoms with van der Waals surface area (Å²) in [6.07, 6.45) is 6.68. The highest BCUT2D eigenvalue weighted by atomic mass is 32.1. The summed E-state index contributed by atoms with van der Waals surface area (Å²) in [5.74, 6) is -0.0624. The molecule has 112 valence electrons. The molecule has 1 aromatic heterocycles. The molecule has 2 N–H and O–H groups in total. The van der Waals surface area contributed by atoms with E-state index in [1.54, 1.807) is 18.3 Å². The Morgan fingerprint density at radius 2 is 1.95 bits per heavy atom. The molecule has 20 heavy (non-hydrogen) atoms. The molecule has 0 spiro atoms. The molecule has 3 nitrogen and oxygen atoms in total. The monoisotopic (exact) mass is 295 g/mol. The van der Waals surface area contributed by atoms with Crippen LogP contribution in [-0.2, 0) is 12.8 Å². The van der Waals surface area contributed by atoms with Gasteiger partial charge in [0.2, 0.25) is 0 Å². The smallest absolute Gasteiger partial charge is 0.261 e. The molecule has 0 radical (unpaired) electrons. The number of carbonyl (C=O) groups excluding carboxylic acids is 1. The van der Waals surface area contributed by atoms with Crippen molar-refractivity contribution in [3.63, 3.8) is 0 Å². The average Bonchev–Trinajstić information content (AvgIpc) is 2.71. The minimum Gasteiger partial charge on any atom is -0.391 e. The molecule has 4 heteroatoms. The van der Waals surface area contributed by atoms with Crippen molar-refractivity contribution in [1.29, 1.82) is 0 Å². The number of hydrogen-bond donors (Lipinski definition) is 2. The number of hydrogen-bond acceptors (Lipinski definition) is 3. The van der Waals surface area contributed by atoms with Crippen molar-refractivity contribution < 1.29 is 9.90 Å². The number of fused-ring (bicyclic) bond motifs is 1. The molecule has 1 aliphatic carbocycles. The molecule has 1 atom stereocenters. The molecular weight excluding hydrogens is 270 g/mol. The molecule has 1 heterocycles. The first-order valence-corrected chi connectivity index (χ1v) is 8.34. The molecule has 0 fully saturated rings. The third kappa shape index (κ3) is 3.61. The number of nitrogens with one attached hydrogen (secondary N) is 1. The number of thiophene rings is 1. The largest absolute Gasteiger partial charge is 0.391 e. The highest BCUT2D eigenvalue weighted by Gasteiger charge is 2.27. The van der Waals surface area contributed by atoms with Gasteiger partial charge >= 0.3 is 0 Å². The summed E-state index contributed by atoms with van der Waals surface area (Å²) in [5, 5.41) is 12.6. The average molecular weight is 295 g/mol. The predicted octanol–water partition coefficient (Wildman–Crippen LogP) is 3.30. The summed E-state index contributed by atoms with van der Waals surface area (Å²) < 4.78 is 0. The molecule has 1 amide bonds. The zero-order valence-corrected chi connectivity index (χ0v) is 13.5. The van der Waals surface area contributed by atoms with Crippen molar-refractivity contribution in [2.45, 2.75) is 70.9 Å². The minimum atomic E-state index is -0.602. The molecule has 0 saturated carbocycles. The van der Waals surface area contributed by atoms with Gasteiger partial charge in [-0.25, -0.2) is 0 Å². The Labute approximate surface area is 125 Å². The lowest BCUT2D eigenvalue weighted by atomic mass is 9.98. The zero-order chi connectivity index (χ0) is 14.8. The molecule has 1 unspecified atom stereocenters. The van der Waals surface area contributed by atoms with Crippen LogP contribution in [0.25, 0.3) is 0 Å². The molecule has 0 bridgehead atoms. The van der Waals surface area contributed by atoms with Crippen molar-refractivity contribution >= 4 is 17.2 Å².